The fourth-order valence-corrected chi connectivity index (χ4v) is 4.62. The molecule has 2 aromatic carbocycles. The third-order valence-electron chi connectivity index (χ3n) is 6.28. The molecule has 2 heteroatoms. The first-order chi connectivity index (χ1) is 12.1. The minimum Gasteiger partial charge on any atom is -0.370 e. The Hall–Kier alpha value is -2.27. The average molecular weight is 330 g/mol. The van der Waals surface area contributed by atoms with Crippen LogP contribution >= 0.6 is 0 Å². The second-order valence-electron chi connectivity index (χ2n) is 7.77. The molecule has 2 nitrogen and oxygen atoms in total. The predicted molar refractivity (Wildman–Crippen MR) is 104 cm³/mol. The molecule has 0 spiro atoms. The van der Waals surface area contributed by atoms with Crippen LogP contribution in [0, 0.1) is 31.1 Å². The van der Waals surface area contributed by atoms with Crippen molar-refractivity contribution < 1.29 is 0 Å². The van der Waals surface area contributed by atoms with Crippen molar-refractivity contribution in [2.75, 3.05) is 18.0 Å². The number of hydrogen-bond donors (Lipinski definition) is 0. The first kappa shape index (κ1) is 16.2. The van der Waals surface area contributed by atoms with Crippen molar-refractivity contribution in [3.63, 3.8) is 0 Å². The average Bonchev–Trinajstić information content (AvgIpc) is 2.64. The van der Waals surface area contributed by atoms with Gasteiger partial charge >= 0.3 is 0 Å². The van der Waals surface area contributed by atoms with E-state index in [0.29, 0.717) is 0 Å². The number of aryl methyl sites for hydroxylation is 1. The zero-order valence-corrected chi connectivity index (χ0v) is 15.5. The number of hydrogen-bond acceptors (Lipinski definition) is 2. The van der Waals surface area contributed by atoms with Crippen molar-refractivity contribution in [1.82, 2.24) is 0 Å². The van der Waals surface area contributed by atoms with E-state index in [1.54, 1.807) is 0 Å². The summed E-state index contributed by atoms with van der Waals surface area (Å²) in [6, 6.07) is 11.3. The number of benzene rings is 2. The van der Waals surface area contributed by atoms with E-state index in [2.05, 4.69) is 56.0 Å². The summed E-state index contributed by atoms with van der Waals surface area (Å²) in [6.45, 7) is 8.81. The zero-order chi connectivity index (χ0) is 17.6. The van der Waals surface area contributed by atoms with E-state index in [9.17, 15) is 5.26 Å². The number of nitriles is 1. The van der Waals surface area contributed by atoms with E-state index >= 15 is 0 Å². The molecular weight excluding hydrogens is 304 g/mol. The quantitative estimate of drug-likeness (QED) is 0.720. The van der Waals surface area contributed by atoms with Crippen molar-refractivity contribution >= 4 is 5.69 Å². The molecule has 4 rings (SSSR count). The highest BCUT2D eigenvalue weighted by Crippen LogP contribution is 2.44. The Kier molecular flexibility index (Phi) is 4.04. The summed E-state index contributed by atoms with van der Waals surface area (Å²) in [7, 11) is 0. The maximum absolute atomic E-state index is 9.93. The Morgan fingerprint density at radius 1 is 1.04 bits per heavy atom. The van der Waals surface area contributed by atoms with Gasteiger partial charge in [-0.1, -0.05) is 31.2 Å². The summed E-state index contributed by atoms with van der Waals surface area (Å²) >= 11 is 0. The van der Waals surface area contributed by atoms with Crippen LogP contribution in [0.4, 0.5) is 5.69 Å². The molecule has 0 amide bonds. The van der Waals surface area contributed by atoms with Gasteiger partial charge in [0.2, 0.25) is 0 Å². The third kappa shape index (κ3) is 2.54. The molecule has 128 valence electrons. The molecule has 25 heavy (non-hydrogen) atoms. The lowest BCUT2D eigenvalue weighted by molar-refractivity contribution is 0.437. The Bertz CT molecular complexity index is 865. The molecule has 0 saturated carbocycles. The predicted octanol–water partition coefficient (Wildman–Crippen LogP) is 5.18. The molecule has 2 aromatic rings. The van der Waals surface area contributed by atoms with Crippen LogP contribution < -0.4 is 4.90 Å². The summed E-state index contributed by atoms with van der Waals surface area (Å²) in [5, 5.41) is 9.93. The number of fused-ring (bicyclic) bond motifs is 3. The lowest BCUT2D eigenvalue weighted by Gasteiger charge is -2.37. The van der Waals surface area contributed by atoms with Crippen LogP contribution in [-0.4, -0.2) is 13.1 Å². The summed E-state index contributed by atoms with van der Waals surface area (Å²) in [5.41, 5.74) is 10.2. The monoisotopic (exact) mass is 330 g/mol. The van der Waals surface area contributed by atoms with Crippen LogP contribution in [0.5, 0.6) is 0 Å². The van der Waals surface area contributed by atoms with Crippen molar-refractivity contribution in [1.29, 1.82) is 5.26 Å². The van der Waals surface area contributed by atoms with Crippen molar-refractivity contribution in [3.8, 4) is 17.2 Å². The van der Waals surface area contributed by atoms with Crippen LogP contribution in [0.1, 0.15) is 47.6 Å². The summed E-state index contributed by atoms with van der Waals surface area (Å²) < 4.78 is 0. The van der Waals surface area contributed by atoms with Crippen LogP contribution in [0.15, 0.2) is 24.3 Å². The second-order valence-corrected chi connectivity index (χ2v) is 7.77. The summed E-state index contributed by atoms with van der Waals surface area (Å²) in [5.74, 6) is 0.796. The number of nitrogens with zero attached hydrogens (tertiary/aromatic N) is 2. The van der Waals surface area contributed by atoms with E-state index in [1.807, 2.05) is 0 Å². The smallest absolute Gasteiger partial charge is 0.102 e. The van der Waals surface area contributed by atoms with Gasteiger partial charge in [-0.15, -0.1) is 0 Å². The van der Waals surface area contributed by atoms with Crippen molar-refractivity contribution in [2.24, 2.45) is 5.92 Å². The first-order valence-corrected chi connectivity index (χ1v) is 9.51. The van der Waals surface area contributed by atoms with Gasteiger partial charge in [0, 0.05) is 13.1 Å². The number of rotatable bonds is 1. The maximum Gasteiger partial charge on any atom is 0.102 e. The van der Waals surface area contributed by atoms with Gasteiger partial charge < -0.3 is 4.90 Å². The molecule has 0 unspecified atom stereocenters. The summed E-state index contributed by atoms with van der Waals surface area (Å²) in [6.07, 6.45) is 4.57. The van der Waals surface area contributed by atoms with Crippen LogP contribution in [-0.2, 0) is 12.8 Å². The van der Waals surface area contributed by atoms with Crippen LogP contribution in [0.2, 0.25) is 0 Å². The van der Waals surface area contributed by atoms with Gasteiger partial charge in [0.05, 0.1) is 11.3 Å². The highest BCUT2D eigenvalue weighted by Gasteiger charge is 2.29. The molecule has 0 radical (unpaired) electrons. The topological polar surface area (TPSA) is 27.0 Å². The minimum atomic E-state index is 0.796. The first-order valence-electron chi connectivity index (χ1n) is 9.51. The van der Waals surface area contributed by atoms with Gasteiger partial charge in [0.1, 0.15) is 6.07 Å². The Labute approximate surface area is 151 Å². The minimum absolute atomic E-state index is 0.796. The van der Waals surface area contributed by atoms with E-state index in [4.69, 9.17) is 0 Å². The molecule has 0 atom stereocenters. The molecular formula is C23H26N2. The number of piperidine rings is 1. The standard InChI is InChI=1S/C23H26N2/c1-15-10-12-25(13-11-15)23-20-9-8-18-6-4-5-7-19(18)22(20)17(3)16(2)21(23)14-24/h4-7,15H,8-13H2,1-3H3. The lowest BCUT2D eigenvalue weighted by atomic mass is 9.79. The summed E-state index contributed by atoms with van der Waals surface area (Å²) in [4.78, 5) is 2.50. The second kappa shape index (κ2) is 6.23. The molecule has 1 aliphatic heterocycles. The Morgan fingerprint density at radius 3 is 2.48 bits per heavy atom. The van der Waals surface area contributed by atoms with Gasteiger partial charge in [-0.05, 0) is 78.8 Å². The van der Waals surface area contributed by atoms with Gasteiger partial charge in [0.25, 0.3) is 0 Å². The molecule has 1 heterocycles. The van der Waals surface area contributed by atoms with E-state index < -0.39 is 0 Å². The molecule has 0 N–H and O–H groups in total. The third-order valence-corrected chi connectivity index (χ3v) is 6.28. The van der Waals surface area contributed by atoms with E-state index in [0.717, 1.165) is 43.0 Å². The maximum atomic E-state index is 9.93. The van der Waals surface area contributed by atoms with E-state index in [-0.39, 0.29) is 0 Å². The van der Waals surface area contributed by atoms with Gasteiger partial charge in [-0.25, -0.2) is 0 Å². The Morgan fingerprint density at radius 2 is 1.76 bits per heavy atom. The SMILES string of the molecule is Cc1c(C)c2c(c(N3CCC(C)CC3)c1C#N)CCc1ccccc1-2. The number of anilines is 1. The molecule has 1 aliphatic carbocycles. The molecule has 0 bridgehead atoms. The normalized spacial score (nSPS) is 17.0. The fourth-order valence-electron chi connectivity index (χ4n) is 4.62. The van der Waals surface area contributed by atoms with Gasteiger partial charge in [-0.3, -0.25) is 0 Å². The van der Waals surface area contributed by atoms with Crippen molar-refractivity contribution in [3.05, 3.63) is 52.1 Å². The molecule has 1 saturated heterocycles. The van der Waals surface area contributed by atoms with Gasteiger partial charge in [0.15, 0.2) is 0 Å². The van der Waals surface area contributed by atoms with Crippen LogP contribution in [0.25, 0.3) is 11.1 Å². The lowest BCUT2D eigenvalue weighted by Crippen LogP contribution is -2.34. The van der Waals surface area contributed by atoms with Crippen LogP contribution in [0.3, 0.4) is 0 Å². The Balaban J connectivity index is 1.96. The molecule has 2 aliphatic rings. The highest BCUT2D eigenvalue weighted by atomic mass is 15.1. The van der Waals surface area contributed by atoms with Crippen molar-refractivity contribution in [2.45, 2.75) is 46.5 Å². The largest absolute Gasteiger partial charge is 0.370 e. The zero-order valence-electron chi connectivity index (χ0n) is 15.5. The highest BCUT2D eigenvalue weighted by molar-refractivity contribution is 5.86. The fraction of sp³-hybridized carbons (Fsp3) is 0.435. The van der Waals surface area contributed by atoms with E-state index in [1.165, 1.54) is 46.3 Å². The molecule has 1 fully saturated rings. The molecule has 0 aromatic heterocycles. The van der Waals surface area contributed by atoms with Gasteiger partial charge in [-0.2, -0.15) is 5.26 Å².